The van der Waals surface area contributed by atoms with Gasteiger partial charge in [0.2, 0.25) is 11.8 Å². The van der Waals surface area contributed by atoms with Crippen LogP contribution in [0.5, 0.6) is 0 Å². The van der Waals surface area contributed by atoms with Crippen molar-refractivity contribution in [2.75, 3.05) is 18.8 Å². The maximum absolute atomic E-state index is 14.1. The van der Waals surface area contributed by atoms with Crippen LogP contribution in [0.15, 0.2) is 18.2 Å². The minimum atomic E-state index is -0.927. The number of carbonyl (C=O) groups excluding carboxylic acids is 3. The maximum atomic E-state index is 14.1. The zero-order valence-electron chi connectivity index (χ0n) is 25.4. The van der Waals surface area contributed by atoms with E-state index in [1.165, 1.54) is 6.42 Å². The summed E-state index contributed by atoms with van der Waals surface area (Å²) in [5, 5.41) is 5.77. The molecule has 39 heavy (non-hydrogen) atoms. The van der Waals surface area contributed by atoms with Crippen molar-refractivity contribution < 1.29 is 19.1 Å². The number of alkyl carbamates (subject to hydrolysis) is 1. The standard InChI is InChI=1S/C31H53N3O4S/c1-8-10-12-13-14-16-20-34(29(36)26(22-39)33-30(37)38-31(5,6)7)27(28(35)32-19-15-11-9-2)25-21-23(3)17-18-24(25)4/h17-18,21,26-27,39H,8-16,19-20,22H2,1-7H3,(H,32,35)(H,33,37). The van der Waals surface area contributed by atoms with Gasteiger partial charge in [-0.15, -0.1) is 0 Å². The van der Waals surface area contributed by atoms with Gasteiger partial charge >= 0.3 is 6.09 Å². The summed E-state index contributed by atoms with van der Waals surface area (Å²) in [5.74, 6) is -0.448. The number of nitrogens with one attached hydrogen (secondary N) is 2. The van der Waals surface area contributed by atoms with Crippen molar-refractivity contribution in [1.29, 1.82) is 0 Å². The lowest BCUT2D eigenvalue weighted by molar-refractivity contribution is -0.142. The number of thiol groups is 1. The zero-order chi connectivity index (χ0) is 29.4. The molecule has 2 unspecified atom stereocenters. The number of unbranched alkanes of at least 4 members (excludes halogenated alkanes) is 7. The minimum Gasteiger partial charge on any atom is -0.444 e. The highest BCUT2D eigenvalue weighted by atomic mass is 32.1. The van der Waals surface area contributed by atoms with Crippen LogP contribution in [-0.4, -0.2) is 53.3 Å². The van der Waals surface area contributed by atoms with Gasteiger partial charge in [-0.05, 0) is 58.6 Å². The predicted molar refractivity (Wildman–Crippen MR) is 163 cm³/mol. The van der Waals surface area contributed by atoms with Crippen LogP contribution in [0.1, 0.15) is 115 Å². The Balaban J connectivity index is 3.37. The Hall–Kier alpha value is -2.22. The molecule has 1 rings (SSSR count). The first-order valence-corrected chi connectivity index (χ1v) is 15.3. The van der Waals surface area contributed by atoms with Crippen LogP contribution < -0.4 is 10.6 Å². The Labute approximate surface area is 242 Å². The third kappa shape index (κ3) is 13.1. The highest BCUT2D eigenvalue weighted by Crippen LogP contribution is 2.27. The number of rotatable bonds is 17. The Morgan fingerprint density at radius 2 is 1.56 bits per heavy atom. The SMILES string of the molecule is CCCCCCCCN(C(=O)C(CS)NC(=O)OC(C)(C)C)C(C(=O)NCCCCC)c1cc(C)ccc1C. The second-order valence-corrected chi connectivity index (χ2v) is 11.8. The first-order valence-electron chi connectivity index (χ1n) is 14.7. The predicted octanol–water partition coefficient (Wildman–Crippen LogP) is 6.66. The topological polar surface area (TPSA) is 87.7 Å². The van der Waals surface area contributed by atoms with E-state index in [0.717, 1.165) is 68.1 Å². The number of aryl methyl sites for hydroxylation is 2. The normalized spacial score (nSPS) is 12.9. The average molecular weight is 564 g/mol. The molecular formula is C31H53N3O4S. The van der Waals surface area contributed by atoms with Crippen molar-refractivity contribution in [2.45, 2.75) is 124 Å². The number of amides is 3. The molecule has 8 heteroatoms. The number of carbonyl (C=O) groups is 3. The summed E-state index contributed by atoms with van der Waals surface area (Å²) in [6, 6.07) is 4.26. The largest absolute Gasteiger partial charge is 0.444 e. The van der Waals surface area contributed by atoms with Crippen molar-refractivity contribution >= 4 is 30.5 Å². The van der Waals surface area contributed by atoms with Gasteiger partial charge in [-0.2, -0.15) is 12.6 Å². The molecule has 7 nitrogen and oxygen atoms in total. The molecule has 222 valence electrons. The molecule has 0 aromatic heterocycles. The molecule has 0 fully saturated rings. The van der Waals surface area contributed by atoms with E-state index >= 15 is 0 Å². The van der Waals surface area contributed by atoms with Crippen LogP contribution in [0, 0.1) is 13.8 Å². The quantitative estimate of drug-likeness (QED) is 0.146. The molecule has 0 heterocycles. The number of hydrogen-bond acceptors (Lipinski definition) is 5. The monoisotopic (exact) mass is 563 g/mol. The molecule has 3 amide bonds. The van der Waals surface area contributed by atoms with Crippen molar-refractivity contribution in [3.05, 3.63) is 34.9 Å². The molecule has 0 aliphatic heterocycles. The summed E-state index contributed by atoms with van der Waals surface area (Å²) >= 11 is 4.39. The van der Waals surface area contributed by atoms with Gasteiger partial charge in [-0.3, -0.25) is 9.59 Å². The van der Waals surface area contributed by atoms with E-state index in [-0.39, 0.29) is 17.6 Å². The van der Waals surface area contributed by atoms with E-state index in [9.17, 15) is 14.4 Å². The third-order valence-corrected chi connectivity index (χ3v) is 6.94. The zero-order valence-corrected chi connectivity index (χ0v) is 26.3. The van der Waals surface area contributed by atoms with Crippen molar-refractivity contribution in [3.63, 3.8) is 0 Å². The van der Waals surface area contributed by atoms with Gasteiger partial charge < -0.3 is 20.3 Å². The van der Waals surface area contributed by atoms with E-state index in [2.05, 4.69) is 37.1 Å². The number of benzene rings is 1. The van der Waals surface area contributed by atoms with E-state index < -0.39 is 23.8 Å². The third-order valence-electron chi connectivity index (χ3n) is 6.58. The fourth-order valence-corrected chi connectivity index (χ4v) is 4.70. The number of ether oxygens (including phenoxy) is 1. The summed E-state index contributed by atoms with van der Waals surface area (Å²) in [6.07, 6.45) is 8.61. The fraction of sp³-hybridized carbons (Fsp3) is 0.710. The molecule has 0 saturated heterocycles. The summed E-state index contributed by atoms with van der Waals surface area (Å²) in [4.78, 5) is 42.1. The fourth-order valence-electron chi connectivity index (χ4n) is 4.45. The maximum Gasteiger partial charge on any atom is 0.408 e. The summed E-state index contributed by atoms with van der Waals surface area (Å²) < 4.78 is 5.41. The second-order valence-electron chi connectivity index (χ2n) is 11.4. The van der Waals surface area contributed by atoms with Crippen LogP contribution >= 0.6 is 12.6 Å². The number of nitrogens with zero attached hydrogens (tertiary/aromatic N) is 1. The molecule has 0 aliphatic carbocycles. The Kier molecular flexibility index (Phi) is 16.2. The first-order chi connectivity index (χ1) is 18.4. The lowest BCUT2D eigenvalue weighted by Gasteiger charge is -2.35. The average Bonchev–Trinajstić information content (AvgIpc) is 2.86. The minimum absolute atomic E-state index is 0.0860. The van der Waals surface area contributed by atoms with Crippen LogP contribution in [0.2, 0.25) is 0 Å². The van der Waals surface area contributed by atoms with Crippen LogP contribution in [0.25, 0.3) is 0 Å². The van der Waals surface area contributed by atoms with E-state index in [4.69, 9.17) is 4.74 Å². The molecule has 0 saturated carbocycles. The van der Waals surface area contributed by atoms with Crippen LogP contribution in [0.4, 0.5) is 4.79 Å². The Morgan fingerprint density at radius 3 is 2.18 bits per heavy atom. The molecule has 0 radical (unpaired) electrons. The molecule has 1 aromatic carbocycles. The molecule has 0 aliphatic rings. The number of hydrogen-bond donors (Lipinski definition) is 3. The van der Waals surface area contributed by atoms with Crippen LogP contribution in [0.3, 0.4) is 0 Å². The molecule has 0 bridgehead atoms. The van der Waals surface area contributed by atoms with Gasteiger partial charge in [0.25, 0.3) is 0 Å². The molecule has 2 atom stereocenters. The van der Waals surface area contributed by atoms with Crippen molar-refractivity contribution in [1.82, 2.24) is 15.5 Å². The van der Waals surface area contributed by atoms with E-state index in [1.807, 2.05) is 32.0 Å². The molecule has 1 aromatic rings. The molecular weight excluding hydrogens is 510 g/mol. The smallest absolute Gasteiger partial charge is 0.408 e. The lowest BCUT2D eigenvalue weighted by Crippen LogP contribution is -2.54. The summed E-state index contributed by atoms with van der Waals surface area (Å²) in [6.45, 7) is 14.5. The van der Waals surface area contributed by atoms with Gasteiger partial charge in [0, 0.05) is 18.8 Å². The highest BCUT2D eigenvalue weighted by Gasteiger charge is 2.36. The Bertz CT molecular complexity index is 900. The van der Waals surface area contributed by atoms with Gasteiger partial charge in [0.15, 0.2) is 0 Å². The molecule has 2 N–H and O–H groups in total. The lowest BCUT2D eigenvalue weighted by atomic mass is 9.95. The molecule has 0 spiro atoms. The van der Waals surface area contributed by atoms with Crippen LogP contribution in [-0.2, 0) is 14.3 Å². The highest BCUT2D eigenvalue weighted by molar-refractivity contribution is 7.80. The van der Waals surface area contributed by atoms with Gasteiger partial charge in [-0.1, -0.05) is 82.6 Å². The van der Waals surface area contributed by atoms with Crippen molar-refractivity contribution in [2.24, 2.45) is 0 Å². The summed E-state index contributed by atoms with van der Waals surface area (Å²) in [5.41, 5.74) is 2.06. The van der Waals surface area contributed by atoms with Gasteiger partial charge in [-0.25, -0.2) is 4.79 Å². The van der Waals surface area contributed by atoms with Gasteiger partial charge in [0.1, 0.15) is 17.7 Å². The first kappa shape index (κ1) is 34.8. The summed E-state index contributed by atoms with van der Waals surface area (Å²) in [7, 11) is 0. The van der Waals surface area contributed by atoms with E-state index in [0.29, 0.717) is 13.1 Å². The Morgan fingerprint density at radius 1 is 0.949 bits per heavy atom. The van der Waals surface area contributed by atoms with Gasteiger partial charge in [0.05, 0.1) is 0 Å². The van der Waals surface area contributed by atoms with E-state index in [1.54, 1.807) is 25.7 Å². The second kappa shape index (κ2) is 18.2. The van der Waals surface area contributed by atoms with Crippen molar-refractivity contribution in [3.8, 4) is 0 Å².